The molecule has 1 aromatic rings. The number of nitrogens with one attached hydrogen (secondary N) is 1. The van der Waals surface area contributed by atoms with Gasteiger partial charge in [-0.3, -0.25) is 4.79 Å². The highest BCUT2D eigenvalue weighted by molar-refractivity contribution is 7.16. The maximum Gasteiger partial charge on any atom is 0.317 e. The monoisotopic (exact) mass is 302 g/mol. The molecule has 1 aliphatic rings. The van der Waals surface area contributed by atoms with Gasteiger partial charge in [0.2, 0.25) is 0 Å². The van der Waals surface area contributed by atoms with Crippen LogP contribution in [0.4, 0.5) is 4.79 Å². The maximum atomic E-state index is 11.7. The molecule has 2 rings (SSSR count). The molecule has 1 fully saturated rings. The zero-order valence-corrected chi connectivity index (χ0v) is 11.8. The quantitative estimate of drug-likeness (QED) is 0.874. The third-order valence-electron chi connectivity index (χ3n) is 2.98. The van der Waals surface area contributed by atoms with Gasteiger partial charge in [0.05, 0.1) is 10.8 Å². The van der Waals surface area contributed by atoms with Crippen LogP contribution in [0.1, 0.15) is 11.3 Å². The molecular formula is C12H15ClN2O3S. The first-order valence-electron chi connectivity index (χ1n) is 6.03. The number of thiophene rings is 1. The summed E-state index contributed by atoms with van der Waals surface area (Å²) in [6.45, 7) is 1.63. The second kappa shape index (κ2) is 6.25. The highest BCUT2D eigenvalue weighted by Crippen LogP contribution is 2.21. The first kappa shape index (κ1) is 14.1. The van der Waals surface area contributed by atoms with Gasteiger partial charge in [0.25, 0.3) is 0 Å². The third kappa shape index (κ3) is 4.11. The average Bonchev–Trinajstić information content (AvgIpc) is 2.68. The van der Waals surface area contributed by atoms with Crippen molar-refractivity contribution in [2.75, 3.05) is 19.6 Å². The number of carboxylic acids is 1. The number of carboxylic acid groups (broad SMARTS) is 1. The van der Waals surface area contributed by atoms with Crippen molar-refractivity contribution >= 4 is 34.9 Å². The highest BCUT2D eigenvalue weighted by atomic mass is 35.5. The molecule has 104 valence electrons. The highest BCUT2D eigenvalue weighted by Gasteiger charge is 2.31. The molecular weight excluding hydrogens is 288 g/mol. The van der Waals surface area contributed by atoms with Crippen molar-refractivity contribution in [3.63, 3.8) is 0 Å². The predicted molar refractivity (Wildman–Crippen MR) is 73.7 cm³/mol. The number of rotatable bonds is 5. The second-order valence-electron chi connectivity index (χ2n) is 4.56. The van der Waals surface area contributed by atoms with Gasteiger partial charge in [0.15, 0.2) is 0 Å². The van der Waals surface area contributed by atoms with E-state index in [1.165, 1.54) is 11.3 Å². The van der Waals surface area contributed by atoms with Crippen LogP contribution in [0.3, 0.4) is 0 Å². The van der Waals surface area contributed by atoms with Crippen LogP contribution in [-0.4, -0.2) is 41.6 Å². The van der Waals surface area contributed by atoms with Crippen molar-refractivity contribution in [3.8, 4) is 0 Å². The van der Waals surface area contributed by atoms with E-state index in [1.807, 2.05) is 12.1 Å². The lowest BCUT2D eigenvalue weighted by molar-refractivity contribution is -0.139. The van der Waals surface area contributed by atoms with Crippen LogP contribution in [-0.2, 0) is 11.2 Å². The van der Waals surface area contributed by atoms with Crippen molar-refractivity contribution in [2.24, 2.45) is 5.92 Å². The number of carbonyl (C=O) groups is 2. The number of nitrogens with zero attached hydrogens (tertiary/aromatic N) is 1. The van der Waals surface area contributed by atoms with Crippen molar-refractivity contribution in [1.82, 2.24) is 10.2 Å². The van der Waals surface area contributed by atoms with Crippen molar-refractivity contribution in [2.45, 2.75) is 12.8 Å². The lowest BCUT2D eigenvalue weighted by Crippen LogP contribution is -2.54. The standard InChI is InChI=1S/C12H15ClN2O3S/c13-10-2-1-9(19-10)3-4-14-12(18)15-6-8(7-15)5-11(16)17/h1-2,8H,3-7H2,(H,14,18)(H,16,17). The normalized spacial score (nSPS) is 15.1. The van der Waals surface area contributed by atoms with E-state index >= 15 is 0 Å². The molecule has 2 N–H and O–H groups in total. The molecule has 0 bridgehead atoms. The Bertz CT molecular complexity index is 471. The first-order chi connectivity index (χ1) is 9.04. The molecule has 0 saturated carbocycles. The molecule has 2 heterocycles. The number of amides is 2. The Labute approximate surface area is 120 Å². The van der Waals surface area contributed by atoms with E-state index in [-0.39, 0.29) is 18.4 Å². The van der Waals surface area contributed by atoms with Crippen LogP contribution in [0.15, 0.2) is 12.1 Å². The minimum absolute atomic E-state index is 0.0966. The topological polar surface area (TPSA) is 69.6 Å². The number of likely N-dealkylation sites (tertiary alicyclic amines) is 1. The number of urea groups is 1. The predicted octanol–water partition coefficient (Wildman–Crippen LogP) is 2.06. The van der Waals surface area contributed by atoms with Crippen LogP contribution in [0.5, 0.6) is 0 Å². The van der Waals surface area contributed by atoms with Gasteiger partial charge >= 0.3 is 12.0 Å². The van der Waals surface area contributed by atoms with E-state index < -0.39 is 5.97 Å². The molecule has 2 amide bonds. The fraction of sp³-hybridized carbons (Fsp3) is 0.500. The molecule has 19 heavy (non-hydrogen) atoms. The number of hydrogen-bond donors (Lipinski definition) is 2. The largest absolute Gasteiger partial charge is 0.481 e. The molecule has 0 aromatic carbocycles. The molecule has 1 aromatic heterocycles. The van der Waals surface area contributed by atoms with Gasteiger partial charge in [-0.2, -0.15) is 0 Å². The summed E-state index contributed by atoms with van der Waals surface area (Å²) in [6.07, 6.45) is 0.896. The molecule has 5 nitrogen and oxygen atoms in total. The number of carbonyl (C=O) groups excluding carboxylic acids is 1. The summed E-state index contributed by atoms with van der Waals surface area (Å²) in [4.78, 5) is 24.9. The summed E-state index contributed by atoms with van der Waals surface area (Å²) < 4.78 is 0.751. The van der Waals surface area contributed by atoms with Crippen LogP contribution in [0.25, 0.3) is 0 Å². The van der Waals surface area contributed by atoms with Gasteiger partial charge in [-0.05, 0) is 18.6 Å². The lowest BCUT2D eigenvalue weighted by Gasteiger charge is -2.38. The number of aliphatic carboxylic acids is 1. The van der Waals surface area contributed by atoms with Crippen molar-refractivity contribution in [1.29, 1.82) is 0 Å². The summed E-state index contributed by atoms with van der Waals surface area (Å²) in [5.41, 5.74) is 0. The average molecular weight is 303 g/mol. The minimum atomic E-state index is -0.806. The molecule has 0 spiro atoms. The smallest absolute Gasteiger partial charge is 0.317 e. The van der Waals surface area contributed by atoms with Crippen LogP contribution in [0, 0.1) is 5.92 Å². The Kier molecular flexibility index (Phi) is 4.66. The van der Waals surface area contributed by atoms with Gasteiger partial charge in [-0.1, -0.05) is 11.6 Å². The molecule has 0 radical (unpaired) electrons. The zero-order chi connectivity index (χ0) is 13.8. The molecule has 1 aliphatic heterocycles. The van der Waals surface area contributed by atoms with Crippen LogP contribution < -0.4 is 5.32 Å². The van der Waals surface area contributed by atoms with E-state index in [4.69, 9.17) is 16.7 Å². The fourth-order valence-electron chi connectivity index (χ4n) is 2.00. The second-order valence-corrected chi connectivity index (χ2v) is 6.36. The third-order valence-corrected chi connectivity index (χ3v) is 4.28. The summed E-state index contributed by atoms with van der Waals surface area (Å²) in [6, 6.07) is 3.67. The summed E-state index contributed by atoms with van der Waals surface area (Å²) in [7, 11) is 0. The summed E-state index contributed by atoms with van der Waals surface area (Å²) in [5, 5.41) is 11.4. The van der Waals surface area contributed by atoms with Gasteiger partial charge in [-0.15, -0.1) is 11.3 Å². The van der Waals surface area contributed by atoms with E-state index in [1.54, 1.807) is 4.90 Å². The lowest BCUT2D eigenvalue weighted by atomic mass is 9.97. The van der Waals surface area contributed by atoms with Crippen molar-refractivity contribution in [3.05, 3.63) is 21.3 Å². The van der Waals surface area contributed by atoms with Gasteiger partial charge in [-0.25, -0.2) is 4.79 Å². The van der Waals surface area contributed by atoms with Gasteiger partial charge < -0.3 is 15.3 Å². The fourth-order valence-corrected chi connectivity index (χ4v) is 3.09. The zero-order valence-electron chi connectivity index (χ0n) is 10.3. The number of halogens is 1. The van der Waals surface area contributed by atoms with Crippen molar-refractivity contribution < 1.29 is 14.7 Å². The van der Waals surface area contributed by atoms with Crippen LogP contribution >= 0.6 is 22.9 Å². The Morgan fingerprint density at radius 1 is 1.47 bits per heavy atom. The first-order valence-corrected chi connectivity index (χ1v) is 7.23. The molecule has 0 aliphatic carbocycles. The Morgan fingerprint density at radius 2 is 2.21 bits per heavy atom. The molecule has 0 atom stereocenters. The Hall–Kier alpha value is -1.27. The maximum absolute atomic E-state index is 11.7. The Morgan fingerprint density at radius 3 is 2.79 bits per heavy atom. The van der Waals surface area contributed by atoms with Gasteiger partial charge in [0, 0.05) is 30.4 Å². The van der Waals surface area contributed by atoms with E-state index in [9.17, 15) is 9.59 Å². The summed E-state index contributed by atoms with van der Waals surface area (Å²) in [5.74, 6) is -0.709. The molecule has 1 saturated heterocycles. The van der Waals surface area contributed by atoms with Gasteiger partial charge in [0.1, 0.15) is 0 Å². The van der Waals surface area contributed by atoms with E-state index in [2.05, 4.69) is 5.32 Å². The minimum Gasteiger partial charge on any atom is -0.481 e. The number of hydrogen-bond acceptors (Lipinski definition) is 3. The Balaban J connectivity index is 1.62. The molecule has 0 unspecified atom stereocenters. The van der Waals surface area contributed by atoms with E-state index in [0.717, 1.165) is 15.6 Å². The van der Waals surface area contributed by atoms with Crippen LogP contribution in [0.2, 0.25) is 4.34 Å². The SMILES string of the molecule is O=C(O)CC1CN(C(=O)NCCc2ccc(Cl)s2)C1. The van der Waals surface area contributed by atoms with E-state index in [0.29, 0.717) is 19.6 Å². The summed E-state index contributed by atoms with van der Waals surface area (Å²) >= 11 is 7.33. The molecule has 7 heteroatoms.